The molecule has 2 fully saturated rings. The summed E-state index contributed by atoms with van der Waals surface area (Å²) in [6.07, 6.45) is 4.43. The van der Waals surface area contributed by atoms with Crippen molar-refractivity contribution in [3.8, 4) is 0 Å². The fraction of sp³-hybridized carbons (Fsp3) is 0.562. The maximum absolute atomic E-state index is 12.1. The average molecular weight is 243 g/mol. The predicted molar refractivity (Wildman–Crippen MR) is 72.2 cm³/mol. The number of ketones is 1. The van der Waals surface area contributed by atoms with Crippen LogP contribution >= 0.6 is 0 Å². The second-order valence-electron chi connectivity index (χ2n) is 5.76. The standard InChI is InChI=1S/C16H21NO/c18-16-9-5-4-8-14-11-17(12-15(14)16)10-13-6-2-1-3-7-13/h1-3,6-7,14-15H,4-5,8-12H2/t14-,15+/m1/s1. The first-order chi connectivity index (χ1) is 8.83. The number of carbonyl (C=O) groups excluding carboxylic acids is 1. The molecule has 1 saturated carbocycles. The molecule has 2 nitrogen and oxygen atoms in total. The topological polar surface area (TPSA) is 20.3 Å². The first kappa shape index (κ1) is 11.9. The van der Waals surface area contributed by atoms with Crippen molar-refractivity contribution in [1.82, 2.24) is 4.90 Å². The number of carbonyl (C=O) groups is 1. The molecule has 96 valence electrons. The van der Waals surface area contributed by atoms with Gasteiger partial charge in [-0.1, -0.05) is 36.8 Å². The Morgan fingerprint density at radius 3 is 2.78 bits per heavy atom. The Balaban J connectivity index is 1.66. The van der Waals surface area contributed by atoms with Gasteiger partial charge in [0.25, 0.3) is 0 Å². The summed E-state index contributed by atoms with van der Waals surface area (Å²) in [6.45, 7) is 3.10. The number of likely N-dealkylation sites (tertiary alicyclic amines) is 1. The van der Waals surface area contributed by atoms with Crippen LogP contribution in [-0.2, 0) is 11.3 Å². The van der Waals surface area contributed by atoms with E-state index in [-0.39, 0.29) is 0 Å². The van der Waals surface area contributed by atoms with Gasteiger partial charge in [-0.2, -0.15) is 0 Å². The molecule has 0 N–H and O–H groups in total. The maximum atomic E-state index is 12.1. The Hall–Kier alpha value is -1.15. The highest BCUT2D eigenvalue weighted by molar-refractivity contribution is 5.82. The summed E-state index contributed by atoms with van der Waals surface area (Å²) >= 11 is 0. The Kier molecular flexibility index (Phi) is 3.46. The van der Waals surface area contributed by atoms with Gasteiger partial charge < -0.3 is 0 Å². The molecule has 18 heavy (non-hydrogen) atoms. The van der Waals surface area contributed by atoms with E-state index in [1.54, 1.807) is 0 Å². The predicted octanol–water partition coefficient (Wildman–Crippen LogP) is 2.88. The van der Waals surface area contributed by atoms with Gasteiger partial charge in [0.2, 0.25) is 0 Å². The minimum Gasteiger partial charge on any atom is -0.299 e. The second-order valence-corrected chi connectivity index (χ2v) is 5.76. The van der Waals surface area contributed by atoms with Crippen molar-refractivity contribution in [3.05, 3.63) is 35.9 Å². The molecule has 0 aromatic heterocycles. The summed E-state index contributed by atoms with van der Waals surface area (Å²) in [7, 11) is 0. The first-order valence-corrected chi connectivity index (χ1v) is 7.12. The molecule has 2 heteroatoms. The van der Waals surface area contributed by atoms with E-state index in [9.17, 15) is 4.79 Å². The zero-order chi connectivity index (χ0) is 12.4. The molecule has 0 radical (unpaired) electrons. The SMILES string of the molecule is O=C1CCCC[C@@H]2CN(Cc3ccccc3)C[C@H]12. The lowest BCUT2D eigenvalue weighted by Crippen LogP contribution is -2.23. The molecule has 1 aliphatic carbocycles. The maximum Gasteiger partial charge on any atom is 0.137 e. The molecule has 2 aliphatic rings. The molecule has 2 atom stereocenters. The molecule has 0 unspecified atom stereocenters. The van der Waals surface area contributed by atoms with Crippen LogP contribution in [0, 0.1) is 11.8 Å². The van der Waals surface area contributed by atoms with Gasteiger partial charge in [-0.25, -0.2) is 0 Å². The molecule has 0 bridgehead atoms. The second kappa shape index (κ2) is 5.23. The summed E-state index contributed by atoms with van der Waals surface area (Å²) in [5.41, 5.74) is 1.36. The molecule has 1 saturated heterocycles. The van der Waals surface area contributed by atoms with Crippen LogP contribution in [0.25, 0.3) is 0 Å². The summed E-state index contributed by atoms with van der Waals surface area (Å²) in [5, 5.41) is 0. The van der Waals surface area contributed by atoms with E-state index in [0.29, 0.717) is 17.6 Å². The van der Waals surface area contributed by atoms with Gasteiger partial charge in [-0.05, 0) is 24.3 Å². The third kappa shape index (κ3) is 2.49. The fourth-order valence-corrected chi connectivity index (χ4v) is 3.48. The lowest BCUT2D eigenvalue weighted by molar-refractivity contribution is -0.123. The highest BCUT2D eigenvalue weighted by Gasteiger charge is 2.37. The van der Waals surface area contributed by atoms with Crippen molar-refractivity contribution < 1.29 is 4.79 Å². The number of benzene rings is 1. The number of hydrogen-bond donors (Lipinski definition) is 0. The monoisotopic (exact) mass is 243 g/mol. The fourth-order valence-electron chi connectivity index (χ4n) is 3.48. The third-order valence-corrected chi connectivity index (χ3v) is 4.43. The number of hydrogen-bond acceptors (Lipinski definition) is 2. The Labute approximate surface area is 109 Å². The summed E-state index contributed by atoms with van der Waals surface area (Å²) < 4.78 is 0. The van der Waals surface area contributed by atoms with Gasteiger partial charge in [0.1, 0.15) is 5.78 Å². The number of Topliss-reactive ketones (excluding diaryl/α,β-unsaturated/α-hetero) is 1. The molecular weight excluding hydrogens is 222 g/mol. The van der Waals surface area contributed by atoms with Crippen LogP contribution < -0.4 is 0 Å². The lowest BCUT2D eigenvalue weighted by Gasteiger charge is -2.16. The van der Waals surface area contributed by atoms with Crippen molar-refractivity contribution in [2.45, 2.75) is 32.2 Å². The van der Waals surface area contributed by atoms with Gasteiger partial charge in [0, 0.05) is 32.0 Å². The summed E-state index contributed by atoms with van der Waals surface area (Å²) in [6, 6.07) is 10.6. The van der Waals surface area contributed by atoms with Gasteiger partial charge in [-0.3, -0.25) is 9.69 Å². The van der Waals surface area contributed by atoms with Crippen molar-refractivity contribution in [2.75, 3.05) is 13.1 Å². The van der Waals surface area contributed by atoms with E-state index in [4.69, 9.17) is 0 Å². The molecule has 1 aliphatic heterocycles. The molecule has 1 aromatic rings. The minimum absolute atomic E-state index is 0.330. The molecule has 0 amide bonds. The molecule has 1 aromatic carbocycles. The van der Waals surface area contributed by atoms with E-state index in [1.165, 1.54) is 18.4 Å². The Morgan fingerprint density at radius 2 is 1.94 bits per heavy atom. The van der Waals surface area contributed by atoms with Gasteiger partial charge in [-0.15, -0.1) is 0 Å². The number of fused-ring (bicyclic) bond motifs is 1. The summed E-state index contributed by atoms with van der Waals surface area (Å²) in [5.74, 6) is 1.48. The van der Waals surface area contributed by atoms with E-state index in [0.717, 1.165) is 32.5 Å². The smallest absolute Gasteiger partial charge is 0.137 e. The first-order valence-electron chi connectivity index (χ1n) is 7.12. The van der Waals surface area contributed by atoms with Crippen LogP contribution in [0.1, 0.15) is 31.2 Å². The van der Waals surface area contributed by atoms with Crippen LogP contribution in [0.4, 0.5) is 0 Å². The minimum atomic E-state index is 0.330. The molecule has 3 rings (SSSR count). The Morgan fingerprint density at radius 1 is 1.11 bits per heavy atom. The van der Waals surface area contributed by atoms with Gasteiger partial charge in [0.15, 0.2) is 0 Å². The van der Waals surface area contributed by atoms with E-state index in [2.05, 4.69) is 35.2 Å². The molecule has 1 heterocycles. The highest BCUT2D eigenvalue weighted by Crippen LogP contribution is 2.33. The van der Waals surface area contributed by atoms with Crippen molar-refractivity contribution >= 4 is 5.78 Å². The van der Waals surface area contributed by atoms with Gasteiger partial charge in [0.05, 0.1) is 0 Å². The zero-order valence-corrected chi connectivity index (χ0v) is 10.8. The van der Waals surface area contributed by atoms with Crippen LogP contribution in [0.15, 0.2) is 30.3 Å². The van der Waals surface area contributed by atoms with Crippen molar-refractivity contribution in [1.29, 1.82) is 0 Å². The quantitative estimate of drug-likeness (QED) is 0.796. The lowest BCUT2D eigenvalue weighted by atomic mass is 9.91. The normalized spacial score (nSPS) is 29.0. The van der Waals surface area contributed by atoms with Crippen molar-refractivity contribution in [3.63, 3.8) is 0 Å². The van der Waals surface area contributed by atoms with Crippen LogP contribution in [0.2, 0.25) is 0 Å². The van der Waals surface area contributed by atoms with E-state index >= 15 is 0 Å². The highest BCUT2D eigenvalue weighted by atomic mass is 16.1. The zero-order valence-electron chi connectivity index (χ0n) is 10.8. The van der Waals surface area contributed by atoms with Crippen LogP contribution in [-0.4, -0.2) is 23.8 Å². The largest absolute Gasteiger partial charge is 0.299 e. The molecule has 0 spiro atoms. The Bertz CT molecular complexity index is 414. The van der Waals surface area contributed by atoms with Crippen LogP contribution in [0.3, 0.4) is 0 Å². The molecular formula is C16H21NO. The van der Waals surface area contributed by atoms with Gasteiger partial charge >= 0.3 is 0 Å². The van der Waals surface area contributed by atoms with Crippen molar-refractivity contribution in [2.24, 2.45) is 11.8 Å². The van der Waals surface area contributed by atoms with E-state index < -0.39 is 0 Å². The van der Waals surface area contributed by atoms with E-state index in [1.807, 2.05) is 0 Å². The third-order valence-electron chi connectivity index (χ3n) is 4.43. The number of rotatable bonds is 2. The average Bonchev–Trinajstić information content (AvgIpc) is 2.71. The summed E-state index contributed by atoms with van der Waals surface area (Å²) in [4.78, 5) is 14.5. The number of nitrogens with zero attached hydrogens (tertiary/aromatic N) is 1. The van der Waals surface area contributed by atoms with Crippen LogP contribution in [0.5, 0.6) is 0 Å².